The summed E-state index contributed by atoms with van der Waals surface area (Å²) in [4.78, 5) is 24.8. The van der Waals surface area contributed by atoms with Crippen LogP contribution in [0.15, 0.2) is 24.3 Å². The predicted octanol–water partition coefficient (Wildman–Crippen LogP) is 1.87. The van der Waals surface area contributed by atoms with Gasteiger partial charge in [0.25, 0.3) is 0 Å². The van der Waals surface area contributed by atoms with E-state index >= 15 is 0 Å². The van der Waals surface area contributed by atoms with Crippen molar-refractivity contribution < 1.29 is 9.59 Å². The van der Waals surface area contributed by atoms with Gasteiger partial charge in [0.05, 0.1) is 22.5 Å². The molecule has 0 saturated carbocycles. The quantitative estimate of drug-likeness (QED) is 0.600. The van der Waals surface area contributed by atoms with Crippen molar-refractivity contribution in [3.63, 3.8) is 0 Å². The van der Waals surface area contributed by atoms with Crippen LogP contribution in [0.2, 0.25) is 0 Å². The first-order chi connectivity index (χ1) is 8.61. The molecule has 0 amide bonds. The minimum Gasteiger partial charge on any atom is -0.288 e. The zero-order valence-electron chi connectivity index (χ0n) is 10.0. The molecule has 1 aromatic carbocycles. The average Bonchev–Trinajstić information content (AvgIpc) is 2.38. The van der Waals surface area contributed by atoms with Crippen LogP contribution in [0.1, 0.15) is 43.2 Å². The molecule has 0 atom stereocenters. The van der Waals surface area contributed by atoms with E-state index in [1.807, 2.05) is 0 Å². The number of hydrogen-bond acceptors (Lipinski definition) is 4. The van der Waals surface area contributed by atoms with Crippen LogP contribution in [-0.2, 0) is 0 Å². The molecule has 0 bridgehead atoms. The van der Waals surface area contributed by atoms with Crippen LogP contribution in [0, 0.1) is 13.8 Å². The number of nitrogens with zero attached hydrogens (tertiary/aromatic N) is 2. The van der Waals surface area contributed by atoms with Gasteiger partial charge in [-0.1, -0.05) is 24.3 Å². The average molecular weight is 238 g/mol. The Morgan fingerprint density at radius 3 is 1.56 bits per heavy atom. The van der Waals surface area contributed by atoms with Crippen molar-refractivity contribution in [1.29, 1.82) is 0 Å². The van der Waals surface area contributed by atoms with Crippen molar-refractivity contribution in [1.82, 2.24) is 10.2 Å². The maximum Gasteiger partial charge on any atom is 0.196 e. The number of fused-ring (bicyclic) bond motifs is 2. The van der Waals surface area contributed by atoms with Gasteiger partial charge in [0.15, 0.2) is 11.6 Å². The van der Waals surface area contributed by atoms with Crippen molar-refractivity contribution >= 4 is 11.6 Å². The fourth-order valence-corrected chi connectivity index (χ4v) is 2.32. The molecule has 3 rings (SSSR count). The SMILES string of the molecule is Cc1nnc(C)c2c1C(=O)c1ccccc1C2=O. The highest BCUT2D eigenvalue weighted by molar-refractivity contribution is 6.29. The zero-order chi connectivity index (χ0) is 12.9. The predicted molar refractivity (Wildman–Crippen MR) is 64.8 cm³/mol. The van der Waals surface area contributed by atoms with E-state index in [1.54, 1.807) is 38.1 Å². The second kappa shape index (κ2) is 3.57. The Bertz CT molecular complexity index is 645. The lowest BCUT2D eigenvalue weighted by Gasteiger charge is -2.19. The third-order valence-electron chi connectivity index (χ3n) is 3.19. The maximum absolute atomic E-state index is 12.4. The molecule has 0 unspecified atom stereocenters. The van der Waals surface area contributed by atoms with E-state index in [0.717, 1.165) is 0 Å². The summed E-state index contributed by atoms with van der Waals surface area (Å²) in [6.07, 6.45) is 0. The molecule has 2 aromatic rings. The maximum atomic E-state index is 12.4. The van der Waals surface area contributed by atoms with Crippen LogP contribution in [0.4, 0.5) is 0 Å². The Labute approximate surface area is 104 Å². The molecule has 0 aliphatic heterocycles. The molecule has 18 heavy (non-hydrogen) atoms. The molecule has 0 fully saturated rings. The van der Waals surface area contributed by atoms with Gasteiger partial charge in [-0.3, -0.25) is 9.59 Å². The molecule has 0 N–H and O–H groups in total. The Kier molecular flexibility index (Phi) is 2.13. The third-order valence-corrected chi connectivity index (χ3v) is 3.19. The van der Waals surface area contributed by atoms with Crippen molar-refractivity contribution in [3.05, 3.63) is 57.9 Å². The van der Waals surface area contributed by atoms with Gasteiger partial charge in [0.2, 0.25) is 0 Å². The Hall–Kier alpha value is -2.36. The van der Waals surface area contributed by atoms with Gasteiger partial charge in [0, 0.05) is 11.1 Å². The monoisotopic (exact) mass is 238 g/mol. The number of aryl methyl sites for hydroxylation is 2. The van der Waals surface area contributed by atoms with Gasteiger partial charge in [0.1, 0.15) is 0 Å². The molecule has 0 spiro atoms. The molecule has 1 aromatic heterocycles. The van der Waals surface area contributed by atoms with Crippen LogP contribution >= 0.6 is 0 Å². The zero-order valence-corrected chi connectivity index (χ0v) is 10.0. The highest BCUT2D eigenvalue weighted by Gasteiger charge is 2.32. The summed E-state index contributed by atoms with van der Waals surface area (Å²) in [5, 5.41) is 7.85. The van der Waals surface area contributed by atoms with E-state index in [2.05, 4.69) is 10.2 Å². The van der Waals surface area contributed by atoms with Crippen molar-refractivity contribution in [2.24, 2.45) is 0 Å². The molecular weight excluding hydrogens is 228 g/mol. The fourth-order valence-electron chi connectivity index (χ4n) is 2.32. The number of ketones is 2. The smallest absolute Gasteiger partial charge is 0.196 e. The van der Waals surface area contributed by atoms with Crippen LogP contribution in [-0.4, -0.2) is 21.8 Å². The van der Waals surface area contributed by atoms with E-state index in [0.29, 0.717) is 33.6 Å². The Morgan fingerprint density at radius 2 is 1.17 bits per heavy atom. The Balaban J connectivity index is 2.41. The number of aromatic nitrogens is 2. The topological polar surface area (TPSA) is 59.9 Å². The standard InChI is InChI=1S/C14H10N2O2/c1-7-11-12(8(2)16-15-7)14(18)10-6-4-3-5-9(10)13(11)17/h3-6H,1-2H3. The van der Waals surface area contributed by atoms with Gasteiger partial charge in [-0.05, 0) is 13.8 Å². The second-order valence-corrected chi connectivity index (χ2v) is 4.32. The lowest BCUT2D eigenvalue weighted by molar-refractivity contribution is 0.0976. The summed E-state index contributed by atoms with van der Waals surface area (Å²) >= 11 is 0. The summed E-state index contributed by atoms with van der Waals surface area (Å²) in [6.45, 7) is 3.40. The number of rotatable bonds is 0. The van der Waals surface area contributed by atoms with Crippen molar-refractivity contribution in [2.45, 2.75) is 13.8 Å². The summed E-state index contributed by atoms with van der Waals surface area (Å²) in [7, 11) is 0. The molecule has 1 aliphatic carbocycles. The summed E-state index contributed by atoms with van der Waals surface area (Å²) in [5.74, 6) is -0.286. The third kappa shape index (κ3) is 1.26. The van der Waals surface area contributed by atoms with Gasteiger partial charge >= 0.3 is 0 Å². The summed E-state index contributed by atoms with van der Waals surface area (Å²) in [6, 6.07) is 6.86. The molecule has 0 radical (unpaired) electrons. The van der Waals surface area contributed by atoms with E-state index in [9.17, 15) is 9.59 Å². The van der Waals surface area contributed by atoms with E-state index in [4.69, 9.17) is 0 Å². The van der Waals surface area contributed by atoms with Gasteiger partial charge in [-0.25, -0.2) is 0 Å². The Morgan fingerprint density at radius 1 is 0.778 bits per heavy atom. The molecule has 1 heterocycles. The van der Waals surface area contributed by atoms with Crippen LogP contribution < -0.4 is 0 Å². The summed E-state index contributed by atoms with van der Waals surface area (Å²) < 4.78 is 0. The molecule has 88 valence electrons. The van der Waals surface area contributed by atoms with Crippen LogP contribution in [0.3, 0.4) is 0 Å². The van der Waals surface area contributed by atoms with E-state index < -0.39 is 0 Å². The molecule has 4 nitrogen and oxygen atoms in total. The normalized spacial score (nSPS) is 13.2. The van der Waals surface area contributed by atoms with Gasteiger partial charge in [-0.2, -0.15) is 10.2 Å². The lowest BCUT2D eigenvalue weighted by atomic mass is 9.83. The minimum atomic E-state index is -0.143. The fraction of sp³-hybridized carbons (Fsp3) is 0.143. The van der Waals surface area contributed by atoms with Gasteiger partial charge < -0.3 is 0 Å². The van der Waals surface area contributed by atoms with Crippen LogP contribution in [0.25, 0.3) is 0 Å². The molecular formula is C14H10N2O2. The lowest BCUT2D eigenvalue weighted by Crippen LogP contribution is -2.24. The first-order valence-electron chi connectivity index (χ1n) is 5.63. The number of benzene rings is 1. The first kappa shape index (κ1) is 10.8. The second-order valence-electron chi connectivity index (χ2n) is 4.32. The number of carbonyl (C=O) groups is 2. The van der Waals surface area contributed by atoms with E-state index in [-0.39, 0.29) is 11.6 Å². The molecule has 1 aliphatic rings. The number of carbonyl (C=O) groups excluding carboxylic acids is 2. The minimum absolute atomic E-state index is 0.143. The van der Waals surface area contributed by atoms with Crippen molar-refractivity contribution in [3.8, 4) is 0 Å². The first-order valence-corrected chi connectivity index (χ1v) is 5.63. The van der Waals surface area contributed by atoms with Crippen LogP contribution in [0.5, 0.6) is 0 Å². The largest absolute Gasteiger partial charge is 0.288 e. The van der Waals surface area contributed by atoms with Crippen molar-refractivity contribution in [2.75, 3.05) is 0 Å². The highest BCUT2D eigenvalue weighted by atomic mass is 16.1. The van der Waals surface area contributed by atoms with E-state index in [1.165, 1.54) is 0 Å². The highest BCUT2D eigenvalue weighted by Crippen LogP contribution is 2.29. The van der Waals surface area contributed by atoms with Gasteiger partial charge in [-0.15, -0.1) is 0 Å². The molecule has 4 heteroatoms. The summed E-state index contributed by atoms with van der Waals surface area (Å²) in [5.41, 5.74) is 2.69. The number of hydrogen-bond donors (Lipinski definition) is 0. The molecule has 0 saturated heterocycles.